The number of nitrogens with zero attached hydrogens (tertiary/aromatic N) is 5. The lowest BCUT2D eigenvalue weighted by atomic mass is 9.77. The van der Waals surface area contributed by atoms with Crippen LogP contribution in [-0.4, -0.2) is 25.2 Å². The maximum Gasteiger partial charge on any atom is 0.205 e. The number of tetrazole rings is 1. The lowest BCUT2D eigenvalue weighted by Crippen LogP contribution is -2.39. The molecule has 0 spiro atoms. The van der Waals surface area contributed by atoms with Crippen molar-refractivity contribution >= 4 is 0 Å². The van der Waals surface area contributed by atoms with E-state index in [2.05, 4.69) is 119 Å². The van der Waals surface area contributed by atoms with Gasteiger partial charge in [0.15, 0.2) is 5.54 Å². The number of benzene rings is 5. The first kappa shape index (κ1) is 28.9. The van der Waals surface area contributed by atoms with Gasteiger partial charge in [-0.3, -0.25) is 4.98 Å². The summed E-state index contributed by atoms with van der Waals surface area (Å²) in [5, 5.41) is 14.6. The quantitative estimate of drug-likeness (QED) is 0.156. The third kappa shape index (κ3) is 5.57. The number of hydrogen-bond acceptors (Lipinski definition) is 5. The predicted octanol–water partition coefficient (Wildman–Crippen LogP) is 8.44. The SMILES string of the molecule is Cc1cc(OCc2ccc(-c3ccccc3-c3nnn(C(c4ccccc4)(c4ccccc4)c4ccccc4)n3)cc2)cc(C)n1. The van der Waals surface area contributed by atoms with E-state index in [0.29, 0.717) is 12.4 Å². The van der Waals surface area contributed by atoms with Crippen LogP contribution >= 0.6 is 0 Å². The standard InChI is InChI=1S/C40H33N5O/c1-29-26-36(27-30(2)41-29)46-28-31-22-24-32(25-23-31)37-20-12-13-21-38(37)39-42-44-45(43-39)40(33-14-6-3-7-15-33,34-16-8-4-9-17-34)35-18-10-5-11-19-35/h3-27H,28H2,1-2H3. The van der Waals surface area contributed by atoms with Crippen molar-refractivity contribution in [1.29, 1.82) is 0 Å². The third-order valence-corrected chi connectivity index (χ3v) is 8.18. The second kappa shape index (κ2) is 12.6. The van der Waals surface area contributed by atoms with Crippen LogP contribution in [0, 0.1) is 13.8 Å². The van der Waals surface area contributed by atoms with Gasteiger partial charge in [0, 0.05) is 29.1 Å². The van der Waals surface area contributed by atoms with Crippen LogP contribution in [0.1, 0.15) is 33.6 Å². The topological polar surface area (TPSA) is 65.7 Å². The molecule has 0 amide bonds. The second-order valence-corrected chi connectivity index (χ2v) is 11.3. The van der Waals surface area contributed by atoms with Crippen molar-refractivity contribution in [3.63, 3.8) is 0 Å². The fraction of sp³-hybridized carbons (Fsp3) is 0.100. The van der Waals surface area contributed by atoms with Crippen molar-refractivity contribution in [2.75, 3.05) is 0 Å². The van der Waals surface area contributed by atoms with Crippen LogP contribution in [0.25, 0.3) is 22.5 Å². The van der Waals surface area contributed by atoms with Gasteiger partial charge < -0.3 is 4.74 Å². The zero-order chi connectivity index (χ0) is 31.3. The summed E-state index contributed by atoms with van der Waals surface area (Å²) in [6.07, 6.45) is 0. The van der Waals surface area contributed by atoms with Gasteiger partial charge in [0.1, 0.15) is 12.4 Å². The van der Waals surface area contributed by atoms with Crippen LogP contribution in [0.15, 0.2) is 152 Å². The van der Waals surface area contributed by atoms with Gasteiger partial charge in [-0.25, -0.2) is 0 Å². The Labute approximate surface area is 269 Å². The molecule has 224 valence electrons. The maximum atomic E-state index is 6.07. The number of ether oxygens (including phenoxy) is 1. The Bertz CT molecular complexity index is 1940. The van der Waals surface area contributed by atoms with Crippen LogP contribution in [0.4, 0.5) is 0 Å². The summed E-state index contributed by atoms with van der Waals surface area (Å²) in [5.41, 5.74) is 8.25. The van der Waals surface area contributed by atoms with E-state index in [1.165, 1.54) is 0 Å². The van der Waals surface area contributed by atoms with Gasteiger partial charge in [-0.2, -0.15) is 0 Å². The Kier molecular flexibility index (Phi) is 7.92. The predicted molar refractivity (Wildman–Crippen MR) is 181 cm³/mol. The average molecular weight is 600 g/mol. The molecule has 2 heterocycles. The summed E-state index contributed by atoms with van der Waals surface area (Å²) in [5.74, 6) is 1.38. The Morgan fingerprint density at radius 3 is 1.63 bits per heavy atom. The van der Waals surface area contributed by atoms with Crippen molar-refractivity contribution in [2.45, 2.75) is 26.0 Å². The molecule has 7 aromatic rings. The van der Waals surface area contributed by atoms with E-state index in [1.54, 1.807) is 4.80 Å². The molecule has 46 heavy (non-hydrogen) atoms. The van der Waals surface area contributed by atoms with E-state index in [9.17, 15) is 0 Å². The van der Waals surface area contributed by atoms with Crippen LogP contribution in [0.5, 0.6) is 5.75 Å². The minimum absolute atomic E-state index is 0.473. The van der Waals surface area contributed by atoms with Crippen LogP contribution in [0.3, 0.4) is 0 Å². The lowest BCUT2D eigenvalue weighted by molar-refractivity contribution is 0.305. The summed E-state index contributed by atoms with van der Waals surface area (Å²) in [4.78, 5) is 6.20. The molecule has 6 heteroatoms. The van der Waals surface area contributed by atoms with Crippen molar-refractivity contribution in [3.05, 3.63) is 185 Å². The highest BCUT2D eigenvalue weighted by Gasteiger charge is 2.41. The number of pyridine rings is 1. The van der Waals surface area contributed by atoms with Gasteiger partial charge in [0.25, 0.3) is 0 Å². The molecule has 6 nitrogen and oxygen atoms in total. The number of rotatable bonds is 9. The van der Waals surface area contributed by atoms with Gasteiger partial charge in [0.2, 0.25) is 5.82 Å². The lowest BCUT2D eigenvalue weighted by Gasteiger charge is -2.34. The van der Waals surface area contributed by atoms with E-state index in [4.69, 9.17) is 15.0 Å². The molecular formula is C40H33N5O. The highest BCUT2D eigenvalue weighted by molar-refractivity contribution is 5.80. The molecule has 0 N–H and O–H groups in total. The average Bonchev–Trinajstić information content (AvgIpc) is 3.59. The first-order valence-corrected chi connectivity index (χ1v) is 15.3. The highest BCUT2D eigenvalue weighted by atomic mass is 16.5. The van der Waals surface area contributed by atoms with Crippen molar-refractivity contribution in [2.24, 2.45) is 0 Å². The molecule has 0 aliphatic heterocycles. The van der Waals surface area contributed by atoms with E-state index < -0.39 is 5.54 Å². The summed E-state index contributed by atoms with van der Waals surface area (Å²) in [7, 11) is 0. The van der Waals surface area contributed by atoms with Gasteiger partial charge in [-0.15, -0.1) is 15.0 Å². The summed E-state index contributed by atoms with van der Waals surface area (Å²) in [6.45, 7) is 4.43. The minimum atomic E-state index is -0.836. The molecule has 0 aliphatic carbocycles. The van der Waals surface area contributed by atoms with E-state index in [0.717, 1.165) is 56.1 Å². The molecule has 0 bridgehead atoms. The van der Waals surface area contributed by atoms with E-state index >= 15 is 0 Å². The van der Waals surface area contributed by atoms with Gasteiger partial charge >= 0.3 is 0 Å². The smallest absolute Gasteiger partial charge is 0.205 e. The molecule has 0 aliphatic rings. The highest BCUT2D eigenvalue weighted by Crippen LogP contribution is 2.40. The van der Waals surface area contributed by atoms with Crippen LogP contribution in [0.2, 0.25) is 0 Å². The third-order valence-electron chi connectivity index (χ3n) is 8.18. The monoisotopic (exact) mass is 599 g/mol. The van der Waals surface area contributed by atoms with Gasteiger partial charge in [0.05, 0.1) is 0 Å². The Morgan fingerprint density at radius 2 is 1.09 bits per heavy atom. The molecule has 7 rings (SSSR count). The molecule has 2 aromatic heterocycles. The van der Waals surface area contributed by atoms with Crippen molar-refractivity contribution in [1.82, 2.24) is 25.2 Å². The normalized spacial score (nSPS) is 11.3. The van der Waals surface area contributed by atoms with Gasteiger partial charge in [-0.1, -0.05) is 140 Å². The van der Waals surface area contributed by atoms with Crippen molar-refractivity contribution in [3.8, 4) is 28.3 Å². The molecule has 5 aromatic carbocycles. The largest absolute Gasteiger partial charge is 0.489 e. The number of aromatic nitrogens is 5. The summed E-state index contributed by atoms with van der Waals surface area (Å²) in [6, 6.07) is 51.7. The Balaban J connectivity index is 1.27. The van der Waals surface area contributed by atoms with Crippen molar-refractivity contribution < 1.29 is 4.74 Å². The van der Waals surface area contributed by atoms with E-state index in [-0.39, 0.29) is 0 Å². The maximum absolute atomic E-state index is 6.07. The fourth-order valence-corrected chi connectivity index (χ4v) is 6.11. The summed E-state index contributed by atoms with van der Waals surface area (Å²) < 4.78 is 6.07. The van der Waals surface area contributed by atoms with Crippen LogP contribution in [-0.2, 0) is 12.1 Å². The van der Waals surface area contributed by atoms with Gasteiger partial charge in [-0.05, 0) is 52.4 Å². The molecular weight excluding hydrogens is 566 g/mol. The molecule has 0 radical (unpaired) electrons. The Hall–Kier alpha value is -5.88. The first-order chi connectivity index (χ1) is 22.6. The second-order valence-electron chi connectivity index (χ2n) is 11.3. The number of hydrogen-bond donors (Lipinski definition) is 0. The first-order valence-electron chi connectivity index (χ1n) is 15.3. The number of aryl methyl sites for hydroxylation is 2. The molecule has 0 fully saturated rings. The molecule has 0 saturated carbocycles. The van der Waals surface area contributed by atoms with E-state index in [1.807, 2.05) is 56.3 Å². The fourth-order valence-electron chi connectivity index (χ4n) is 6.11. The zero-order valence-corrected chi connectivity index (χ0v) is 25.8. The molecule has 0 atom stereocenters. The molecule has 0 saturated heterocycles. The summed E-state index contributed by atoms with van der Waals surface area (Å²) >= 11 is 0. The zero-order valence-electron chi connectivity index (χ0n) is 25.8. The Morgan fingerprint density at radius 1 is 0.587 bits per heavy atom. The van der Waals surface area contributed by atoms with Crippen LogP contribution < -0.4 is 4.74 Å². The molecule has 0 unspecified atom stereocenters. The minimum Gasteiger partial charge on any atom is -0.489 e.